The number of thiazole rings is 1. The average molecular weight is 584 g/mol. The van der Waals surface area contributed by atoms with Crippen LogP contribution in [0, 0.1) is 6.92 Å². The zero-order valence-corrected chi connectivity index (χ0v) is 23.0. The summed E-state index contributed by atoms with van der Waals surface area (Å²) < 4.78 is 10.4. The zero-order valence-electron chi connectivity index (χ0n) is 20.6. The van der Waals surface area contributed by atoms with Crippen molar-refractivity contribution in [3.8, 4) is 34.1 Å². The number of hydrogen-bond acceptors (Lipinski definition) is 6. The summed E-state index contributed by atoms with van der Waals surface area (Å²) >= 11 is 4.75. The van der Waals surface area contributed by atoms with Crippen LogP contribution in [0.25, 0.3) is 39.4 Å². The highest BCUT2D eigenvalue weighted by Crippen LogP contribution is 2.29. The van der Waals surface area contributed by atoms with Gasteiger partial charge in [-0.3, -0.25) is 4.79 Å². The number of ether oxygens (including phenoxy) is 1. The Labute approximate surface area is 230 Å². The molecule has 0 fully saturated rings. The number of fused-ring (bicyclic) bond motifs is 1. The lowest BCUT2D eigenvalue weighted by Gasteiger charge is -2.08. The normalized spacial score (nSPS) is 11.9. The first-order chi connectivity index (χ1) is 18.5. The fraction of sp³-hybridized carbons (Fsp3) is 0.103. The number of nitrogens with zero attached hydrogens (tertiary/aromatic N) is 5. The molecule has 9 heteroatoms. The number of rotatable bonds is 6. The molecule has 0 aliphatic carbocycles. The van der Waals surface area contributed by atoms with Gasteiger partial charge in [-0.05, 0) is 68.0 Å². The number of aromatic nitrogens is 5. The topological polar surface area (TPSA) is 74.3 Å². The predicted octanol–water partition coefficient (Wildman–Crippen LogP) is 5.69. The largest absolute Gasteiger partial charge is 0.494 e. The lowest BCUT2D eigenvalue weighted by Crippen LogP contribution is -2.23. The molecular weight excluding hydrogens is 562 g/mol. The van der Waals surface area contributed by atoms with Crippen LogP contribution in [0.4, 0.5) is 0 Å². The van der Waals surface area contributed by atoms with E-state index in [-0.39, 0.29) is 5.56 Å². The van der Waals surface area contributed by atoms with Gasteiger partial charge in [-0.25, -0.2) is 4.68 Å². The van der Waals surface area contributed by atoms with Gasteiger partial charge in [0.25, 0.3) is 5.56 Å². The van der Waals surface area contributed by atoms with Crippen LogP contribution in [0.1, 0.15) is 18.1 Å². The van der Waals surface area contributed by atoms with Crippen molar-refractivity contribution in [3.63, 3.8) is 0 Å². The van der Waals surface area contributed by atoms with Crippen LogP contribution >= 0.6 is 27.3 Å². The van der Waals surface area contributed by atoms with Crippen molar-refractivity contribution in [2.24, 2.45) is 0 Å². The second-order valence-electron chi connectivity index (χ2n) is 8.68. The maximum Gasteiger partial charge on any atom is 0.291 e. The van der Waals surface area contributed by atoms with Crippen molar-refractivity contribution in [2.75, 3.05) is 6.61 Å². The minimum absolute atomic E-state index is 0.206. The second kappa shape index (κ2) is 10.00. The van der Waals surface area contributed by atoms with Crippen molar-refractivity contribution >= 4 is 38.3 Å². The molecule has 7 nitrogen and oxygen atoms in total. The first kappa shape index (κ1) is 24.3. The first-order valence-corrected chi connectivity index (χ1v) is 13.7. The molecule has 0 unspecified atom stereocenters. The molecule has 6 rings (SSSR count). The van der Waals surface area contributed by atoms with Crippen molar-refractivity contribution in [1.82, 2.24) is 24.4 Å². The monoisotopic (exact) mass is 583 g/mol. The third-order valence-corrected chi connectivity index (χ3v) is 7.57. The highest BCUT2D eigenvalue weighted by molar-refractivity contribution is 9.10. The standard InChI is InChI=1S/C29H22BrN5O2S/c1-3-37-24-14-11-20(15-18(24)2)26-21(17-34(32-26)23-7-5-4-6-8-23)16-25-28(36)35-29(38-25)31-27(33-35)19-9-12-22(30)13-10-19/h4-17H,3H2,1-2H3/b25-16-. The summed E-state index contributed by atoms with van der Waals surface area (Å²) in [6, 6.07) is 23.6. The minimum atomic E-state index is -0.206. The van der Waals surface area contributed by atoms with E-state index in [0.29, 0.717) is 21.9 Å². The van der Waals surface area contributed by atoms with Crippen LogP contribution in [-0.2, 0) is 0 Å². The number of aryl methyl sites for hydroxylation is 1. The van der Waals surface area contributed by atoms with E-state index in [4.69, 9.17) is 9.84 Å². The van der Waals surface area contributed by atoms with Gasteiger partial charge in [0, 0.05) is 27.4 Å². The predicted molar refractivity (Wildman–Crippen MR) is 154 cm³/mol. The molecule has 38 heavy (non-hydrogen) atoms. The van der Waals surface area contributed by atoms with E-state index in [2.05, 4.69) is 32.1 Å². The zero-order chi connectivity index (χ0) is 26.2. The third kappa shape index (κ3) is 4.55. The Hall–Kier alpha value is -4.08. The summed E-state index contributed by atoms with van der Waals surface area (Å²) in [5, 5.41) is 9.38. The molecule has 0 amide bonds. The lowest BCUT2D eigenvalue weighted by atomic mass is 10.0. The van der Waals surface area contributed by atoms with Crippen LogP contribution in [0.15, 0.2) is 88.3 Å². The fourth-order valence-corrected chi connectivity index (χ4v) is 5.40. The van der Waals surface area contributed by atoms with Crippen LogP contribution in [-0.4, -0.2) is 31.0 Å². The first-order valence-electron chi connectivity index (χ1n) is 12.1. The molecule has 0 saturated heterocycles. The summed E-state index contributed by atoms with van der Waals surface area (Å²) in [5.41, 5.74) is 5.14. The van der Waals surface area contributed by atoms with Gasteiger partial charge < -0.3 is 4.74 Å². The number of halogens is 1. The number of para-hydroxylation sites is 1. The second-order valence-corrected chi connectivity index (χ2v) is 10.6. The number of benzene rings is 3. The van der Waals surface area contributed by atoms with Gasteiger partial charge in [0.05, 0.1) is 16.8 Å². The van der Waals surface area contributed by atoms with E-state index in [9.17, 15) is 4.79 Å². The minimum Gasteiger partial charge on any atom is -0.494 e. The lowest BCUT2D eigenvalue weighted by molar-refractivity contribution is 0.338. The average Bonchev–Trinajstić information content (AvgIpc) is 3.62. The van der Waals surface area contributed by atoms with E-state index in [1.54, 1.807) is 0 Å². The van der Waals surface area contributed by atoms with E-state index < -0.39 is 0 Å². The Bertz CT molecular complexity index is 1870. The highest BCUT2D eigenvalue weighted by Gasteiger charge is 2.16. The van der Waals surface area contributed by atoms with Gasteiger partial charge in [-0.1, -0.05) is 57.6 Å². The third-order valence-electron chi connectivity index (χ3n) is 6.08. The highest BCUT2D eigenvalue weighted by atomic mass is 79.9. The Morgan fingerprint density at radius 1 is 1.00 bits per heavy atom. The molecule has 0 N–H and O–H groups in total. The molecule has 0 saturated carbocycles. The van der Waals surface area contributed by atoms with Gasteiger partial charge in [0.2, 0.25) is 4.96 Å². The summed E-state index contributed by atoms with van der Waals surface area (Å²) in [5.74, 6) is 1.37. The smallest absolute Gasteiger partial charge is 0.291 e. The quantitative estimate of drug-likeness (QED) is 0.252. The maximum absolute atomic E-state index is 13.3. The van der Waals surface area contributed by atoms with Crippen molar-refractivity contribution in [3.05, 3.63) is 109 Å². The van der Waals surface area contributed by atoms with Crippen LogP contribution in [0.3, 0.4) is 0 Å². The van der Waals surface area contributed by atoms with Crippen LogP contribution in [0.5, 0.6) is 5.75 Å². The van der Waals surface area contributed by atoms with Crippen molar-refractivity contribution < 1.29 is 4.74 Å². The number of hydrogen-bond donors (Lipinski definition) is 0. The molecule has 3 heterocycles. The molecule has 0 spiro atoms. The van der Waals surface area contributed by atoms with E-state index in [1.165, 1.54) is 15.9 Å². The van der Waals surface area contributed by atoms with E-state index >= 15 is 0 Å². The van der Waals surface area contributed by atoms with Crippen molar-refractivity contribution in [1.29, 1.82) is 0 Å². The van der Waals surface area contributed by atoms with E-state index in [0.717, 1.165) is 43.9 Å². The fourth-order valence-electron chi connectivity index (χ4n) is 4.24. The van der Waals surface area contributed by atoms with E-state index in [1.807, 2.05) is 97.5 Å². The molecule has 0 aliphatic heterocycles. The summed E-state index contributed by atoms with van der Waals surface area (Å²) in [6.45, 7) is 4.59. The molecule has 0 aliphatic rings. The molecular formula is C29H22BrN5O2S. The molecule has 3 aromatic heterocycles. The van der Waals surface area contributed by atoms with Crippen LogP contribution in [0.2, 0.25) is 0 Å². The molecule has 188 valence electrons. The van der Waals surface area contributed by atoms with Crippen molar-refractivity contribution in [2.45, 2.75) is 13.8 Å². The maximum atomic E-state index is 13.3. The van der Waals surface area contributed by atoms with Gasteiger partial charge >= 0.3 is 0 Å². The Balaban J connectivity index is 1.47. The molecule has 0 atom stereocenters. The summed E-state index contributed by atoms with van der Waals surface area (Å²) in [7, 11) is 0. The molecule has 0 radical (unpaired) electrons. The molecule has 3 aromatic carbocycles. The Kier molecular flexibility index (Phi) is 6.39. The van der Waals surface area contributed by atoms with Gasteiger partial charge in [0.15, 0.2) is 5.82 Å². The Morgan fingerprint density at radius 2 is 1.76 bits per heavy atom. The SMILES string of the molecule is CCOc1ccc(-c2nn(-c3ccccc3)cc2/C=c2\sc3nc(-c4ccc(Br)cc4)nn3c2=O)cc1C. The summed E-state index contributed by atoms with van der Waals surface area (Å²) in [6.07, 6.45) is 3.81. The van der Waals surface area contributed by atoms with Gasteiger partial charge in [0.1, 0.15) is 11.4 Å². The van der Waals surface area contributed by atoms with Gasteiger partial charge in [-0.2, -0.15) is 14.6 Å². The molecule has 6 aromatic rings. The summed E-state index contributed by atoms with van der Waals surface area (Å²) in [4.78, 5) is 18.5. The van der Waals surface area contributed by atoms with Crippen LogP contribution < -0.4 is 14.8 Å². The van der Waals surface area contributed by atoms with Gasteiger partial charge in [-0.15, -0.1) is 5.10 Å². The Morgan fingerprint density at radius 3 is 2.47 bits per heavy atom. The molecule has 0 bridgehead atoms.